The molecule has 0 aliphatic heterocycles. The maximum atomic E-state index is 7.64. The Morgan fingerprint density at radius 3 is 1.37 bits per heavy atom. The molecule has 0 amide bonds. The number of hydrogen-bond acceptors (Lipinski definition) is 3. The molecule has 0 bridgehead atoms. The molecule has 0 unspecified atom stereocenters. The van der Waals surface area contributed by atoms with Crippen LogP contribution < -0.4 is 13.7 Å². The summed E-state index contributed by atoms with van der Waals surface area (Å²) in [6.07, 6.45) is 6.48. The largest absolute Gasteiger partial charge is 0.456 e. The molecule has 0 aliphatic rings. The third-order valence-corrected chi connectivity index (χ3v) is 15.7. The average molecular weight is 1020 g/mol. The van der Waals surface area contributed by atoms with Gasteiger partial charge in [0.25, 0.3) is 0 Å². The lowest BCUT2D eigenvalue weighted by Crippen LogP contribution is -2.30. The number of nitrogens with zero attached hydrogens (tertiary/aromatic N) is 3. The minimum absolute atomic E-state index is 0.359. The molecular formula is C72H60N3O3+3. The molecule has 378 valence electrons. The molecule has 0 radical (unpaired) electrons. The van der Waals surface area contributed by atoms with E-state index in [0.717, 1.165) is 83.3 Å². The van der Waals surface area contributed by atoms with Crippen LogP contribution in [0.15, 0.2) is 214 Å². The quantitative estimate of drug-likeness (QED) is 0.166. The van der Waals surface area contributed by atoms with E-state index >= 15 is 0 Å². The number of hydrogen-bond donors (Lipinski definition) is 0. The number of fused-ring (bicyclic) bond motifs is 14. The Kier molecular flexibility index (Phi) is 10.9. The Labute approximate surface area is 457 Å². The van der Waals surface area contributed by atoms with Gasteiger partial charge in [-0.05, 0) is 133 Å². The van der Waals surface area contributed by atoms with E-state index in [2.05, 4.69) is 232 Å². The van der Waals surface area contributed by atoms with Crippen molar-refractivity contribution in [3.05, 3.63) is 234 Å². The Balaban J connectivity index is 0.000000115. The van der Waals surface area contributed by atoms with E-state index in [-0.39, 0.29) is 0 Å². The topological polar surface area (TPSA) is 51.1 Å². The molecular weight excluding hydrogens is 955 g/mol. The van der Waals surface area contributed by atoms with E-state index < -0.39 is 6.85 Å². The molecule has 78 heavy (non-hydrogen) atoms. The molecule has 6 heteroatoms. The molecule has 0 aliphatic carbocycles. The van der Waals surface area contributed by atoms with Gasteiger partial charge >= 0.3 is 0 Å². The van der Waals surface area contributed by atoms with Crippen molar-refractivity contribution < 1.29 is 31.1 Å². The van der Waals surface area contributed by atoms with E-state index in [1.54, 1.807) is 12.1 Å². The van der Waals surface area contributed by atoms with Crippen molar-refractivity contribution in [3.63, 3.8) is 0 Å². The zero-order valence-corrected chi connectivity index (χ0v) is 45.1. The second kappa shape index (κ2) is 19.0. The number of benzene rings is 9. The lowest BCUT2D eigenvalue weighted by molar-refractivity contribution is -0.659. The maximum Gasteiger partial charge on any atom is 0.216 e. The van der Waals surface area contributed by atoms with Crippen molar-refractivity contribution in [3.8, 4) is 33.8 Å². The second-order valence-electron chi connectivity index (χ2n) is 21.1. The lowest BCUT2D eigenvalue weighted by atomic mass is 10.0. The average Bonchev–Trinajstić information content (AvgIpc) is 4.09. The number of aryl methyl sites for hydroxylation is 9. The van der Waals surface area contributed by atoms with Gasteiger partial charge in [0.05, 0.1) is 34.4 Å². The Bertz CT molecular complexity index is 5040. The highest BCUT2D eigenvalue weighted by Gasteiger charge is 2.22. The molecule has 0 fully saturated rings. The molecule has 6 nitrogen and oxygen atoms in total. The Hall–Kier alpha value is -9.39. The zero-order chi connectivity index (χ0) is 56.0. The molecule has 15 rings (SSSR count). The van der Waals surface area contributed by atoms with Crippen molar-refractivity contribution in [1.29, 1.82) is 0 Å². The number of aromatic nitrogens is 3. The van der Waals surface area contributed by atoms with E-state index in [1.807, 2.05) is 26.1 Å². The van der Waals surface area contributed by atoms with Crippen LogP contribution in [-0.2, 0) is 21.1 Å². The summed E-state index contributed by atoms with van der Waals surface area (Å²) in [4.78, 5) is 0. The molecule has 0 saturated heterocycles. The third kappa shape index (κ3) is 8.41. The van der Waals surface area contributed by atoms with Gasteiger partial charge in [-0.25, -0.2) is 13.7 Å². The number of pyridine rings is 3. The van der Waals surface area contributed by atoms with Gasteiger partial charge in [-0.15, -0.1) is 0 Å². The van der Waals surface area contributed by atoms with Crippen molar-refractivity contribution in [1.82, 2.24) is 0 Å². The molecule has 0 saturated carbocycles. The number of rotatable bonds is 3. The summed E-state index contributed by atoms with van der Waals surface area (Å²) in [6, 6.07) is 62.9. The highest BCUT2D eigenvalue weighted by Crippen LogP contribution is 2.39. The maximum absolute atomic E-state index is 7.64. The summed E-state index contributed by atoms with van der Waals surface area (Å²) in [5.74, 6) is 0. The van der Waals surface area contributed by atoms with Gasteiger partial charge < -0.3 is 13.3 Å². The minimum atomic E-state index is -2.10. The fourth-order valence-electron chi connectivity index (χ4n) is 11.7. The van der Waals surface area contributed by atoms with Crippen LogP contribution in [0.4, 0.5) is 0 Å². The molecule has 9 aromatic carbocycles. The molecule has 0 spiro atoms. The van der Waals surface area contributed by atoms with Gasteiger partial charge in [0.15, 0.2) is 18.6 Å². The van der Waals surface area contributed by atoms with Crippen molar-refractivity contribution in [2.24, 2.45) is 21.1 Å². The highest BCUT2D eigenvalue weighted by molar-refractivity contribution is 6.20. The summed E-state index contributed by atoms with van der Waals surface area (Å²) in [5.41, 5.74) is 18.5. The molecule has 15 aromatic rings. The summed E-state index contributed by atoms with van der Waals surface area (Å²) in [6.45, 7) is 8.36. The monoisotopic (exact) mass is 1020 g/mol. The van der Waals surface area contributed by atoms with Gasteiger partial charge in [-0.3, -0.25) is 0 Å². The van der Waals surface area contributed by atoms with Gasteiger partial charge in [0.2, 0.25) is 17.1 Å². The summed E-state index contributed by atoms with van der Waals surface area (Å²) in [5, 5.41) is 14.2. The first-order chi connectivity index (χ1) is 39.0. The standard InChI is InChI=1S/C25H22NO.C24H20NO.C23H18NO/c1-15-6-8-20(17(3)9-15)23-13-25-22(14-26(23)4)21-11-18-7-5-16(2)10-19(18)12-24(21)27-25;1-15-8-10-19-17(12-15)9-11-22-24(19)20-14-25(3)21(13-23(20)26-22)18-7-5-4-6-16(18)2;1-15-7-3-5-9-17(15)20-13-22-19(14-24(20)2)23-18-10-6-4-8-16(18)11-12-21(23)25-22/h5-14H,1-4H3;4-14H,1-3H3;3-14H,1-2H3/q3*+1/i1D3;;. The van der Waals surface area contributed by atoms with Crippen LogP contribution in [0.2, 0.25) is 0 Å². The second-order valence-corrected chi connectivity index (χ2v) is 21.1. The number of furan rings is 3. The molecule has 6 heterocycles. The first-order valence-corrected chi connectivity index (χ1v) is 26.5. The van der Waals surface area contributed by atoms with E-state index in [9.17, 15) is 0 Å². The van der Waals surface area contributed by atoms with Crippen LogP contribution in [0.1, 0.15) is 37.5 Å². The van der Waals surface area contributed by atoms with Gasteiger partial charge in [0.1, 0.15) is 54.6 Å². The van der Waals surface area contributed by atoms with Crippen LogP contribution in [0.5, 0.6) is 0 Å². The Morgan fingerprint density at radius 2 is 0.769 bits per heavy atom. The fraction of sp³-hybridized carbons (Fsp3) is 0.125. The summed E-state index contributed by atoms with van der Waals surface area (Å²) in [7, 11) is 6.22. The normalized spacial score (nSPS) is 12.4. The molecule has 6 aromatic heterocycles. The predicted molar refractivity (Wildman–Crippen MR) is 322 cm³/mol. The lowest BCUT2D eigenvalue weighted by Gasteiger charge is -2.05. The Morgan fingerprint density at radius 1 is 0.308 bits per heavy atom. The van der Waals surface area contributed by atoms with Gasteiger partial charge in [0, 0.05) is 37.0 Å². The van der Waals surface area contributed by atoms with Crippen LogP contribution in [0.25, 0.3) is 132 Å². The first kappa shape index (κ1) is 44.9. The van der Waals surface area contributed by atoms with E-state index in [4.69, 9.17) is 17.4 Å². The first-order valence-electron chi connectivity index (χ1n) is 28.0. The van der Waals surface area contributed by atoms with Gasteiger partial charge in [-0.2, -0.15) is 0 Å². The highest BCUT2D eigenvalue weighted by atomic mass is 16.3. The zero-order valence-electron chi connectivity index (χ0n) is 48.1. The third-order valence-electron chi connectivity index (χ3n) is 15.7. The van der Waals surface area contributed by atoms with Crippen molar-refractivity contribution in [2.75, 3.05) is 0 Å². The van der Waals surface area contributed by atoms with Crippen molar-refractivity contribution in [2.45, 2.75) is 41.5 Å². The molecule has 0 N–H and O–H groups in total. The van der Waals surface area contributed by atoms with Gasteiger partial charge in [-0.1, -0.05) is 138 Å². The summed E-state index contributed by atoms with van der Waals surface area (Å²) >= 11 is 0. The summed E-state index contributed by atoms with van der Waals surface area (Å²) < 4.78 is 48.1. The van der Waals surface area contributed by atoms with Crippen LogP contribution in [0, 0.1) is 41.5 Å². The minimum Gasteiger partial charge on any atom is -0.456 e. The van der Waals surface area contributed by atoms with Crippen LogP contribution >= 0.6 is 0 Å². The predicted octanol–water partition coefficient (Wildman–Crippen LogP) is 17.5. The van der Waals surface area contributed by atoms with Crippen LogP contribution in [-0.4, -0.2) is 0 Å². The van der Waals surface area contributed by atoms with E-state index in [0.29, 0.717) is 5.56 Å². The molecule has 0 atom stereocenters. The SMILES string of the molecule is Cc1ccc2c(ccc3oc4cc(-c5ccccc5C)[n+](C)cc4c32)c1.Cc1ccccc1-c1cc2oc3ccc4ccccc4c3c2c[n+]1C.[2H]C([2H])([2H])c1ccc(-c2cc3oc4cc5cc(C)ccc5cc4c3c[n+]2C)c(C)c1. The van der Waals surface area contributed by atoms with Crippen LogP contribution in [0.3, 0.4) is 0 Å². The van der Waals surface area contributed by atoms with Crippen molar-refractivity contribution >= 4 is 98.1 Å². The fourth-order valence-corrected chi connectivity index (χ4v) is 11.7. The van der Waals surface area contributed by atoms with E-state index in [1.165, 1.54) is 76.5 Å². The smallest absolute Gasteiger partial charge is 0.216 e.